The second-order valence-electron chi connectivity index (χ2n) is 6.29. The minimum absolute atomic E-state index is 0.0148. The number of methoxy groups -OCH3 is 1. The van der Waals surface area contributed by atoms with Crippen LogP contribution in [0.25, 0.3) is 10.9 Å². The van der Waals surface area contributed by atoms with Crippen LogP contribution in [0.3, 0.4) is 0 Å². The number of aliphatic hydroxyl groups is 1. The molecule has 0 unspecified atom stereocenters. The van der Waals surface area contributed by atoms with Crippen molar-refractivity contribution in [1.29, 1.82) is 0 Å². The molecule has 2 N–H and O–H groups in total. The highest BCUT2D eigenvalue weighted by atomic mass is 16.5. The van der Waals surface area contributed by atoms with Crippen molar-refractivity contribution in [2.75, 3.05) is 13.7 Å². The summed E-state index contributed by atoms with van der Waals surface area (Å²) in [5, 5.41) is 17.1. The van der Waals surface area contributed by atoms with Gasteiger partial charge in [0.05, 0.1) is 19.2 Å². The number of rotatable bonds is 5. The van der Waals surface area contributed by atoms with Gasteiger partial charge in [0.2, 0.25) is 5.78 Å². The zero-order valence-electron chi connectivity index (χ0n) is 13.8. The van der Waals surface area contributed by atoms with Crippen molar-refractivity contribution in [3.8, 4) is 5.75 Å². The molecule has 0 saturated heterocycles. The van der Waals surface area contributed by atoms with E-state index in [1.54, 1.807) is 31.4 Å². The molecule has 0 atom stereocenters. The van der Waals surface area contributed by atoms with Gasteiger partial charge in [-0.3, -0.25) is 14.9 Å². The van der Waals surface area contributed by atoms with Gasteiger partial charge in [0.15, 0.2) is 0 Å². The largest absolute Gasteiger partial charge is 0.497 e. The average molecular weight is 325 g/mol. The number of carbonyl (C=O) groups is 1. The Morgan fingerprint density at radius 3 is 2.71 bits per heavy atom. The molecule has 0 saturated carbocycles. The molecule has 0 bridgehead atoms. The summed E-state index contributed by atoms with van der Waals surface area (Å²) in [4.78, 5) is 17.0. The first-order valence-corrected chi connectivity index (χ1v) is 7.60. The first-order valence-electron chi connectivity index (χ1n) is 7.60. The Kier molecular flexibility index (Phi) is 4.07. The molecule has 6 nitrogen and oxygen atoms in total. The van der Waals surface area contributed by atoms with Crippen LogP contribution in [0.1, 0.15) is 35.6 Å². The van der Waals surface area contributed by atoms with Gasteiger partial charge in [-0.1, -0.05) is 13.8 Å². The van der Waals surface area contributed by atoms with Crippen molar-refractivity contribution in [3.63, 3.8) is 0 Å². The number of ketones is 1. The lowest BCUT2D eigenvalue weighted by Crippen LogP contribution is -2.23. The SMILES string of the molecule is COc1ccc2c(C(=O)c3ccc(C(C)(C)CO)nc3)n[nH]c2c1. The lowest BCUT2D eigenvalue weighted by atomic mass is 9.89. The van der Waals surface area contributed by atoms with E-state index in [1.165, 1.54) is 6.20 Å². The molecule has 24 heavy (non-hydrogen) atoms. The second kappa shape index (κ2) is 6.05. The normalized spacial score (nSPS) is 11.7. The lowest BCUT2D eigenvalue weighted by molar-refractivity contribution is 0.103. The van der Waals surface area contributed by atoms with Crippen molar-refractivity contribution in [2.45, 2.75) is 19.3 Å². The molecule has 0 aliphatic carbocycles. The molecule has 124 valence electrons. The quantitative estimate of drug-likeness (QED) is 0.704. The number of benzene rings is 1. The van der Waals surface area contributed by atoms with Crippen LogP contribution < -0.4 is 4.74 Å². The molecule has 0 radical (unpaired) electrons. The smallest absolute Gasteiger partial charge is 0.215 e. The fourth-order valence-corrected chi connectivity index (χ4v) is 2.45. The number of H-pyrrole nitrogens is 1. The highest BCUT2D eigenvalue weighted by Gasteiger charge is 2.22. The van der Waals surface area contributed by atoms with Crippen LogP contribution in [0, 0.1) is 0 Å². The predicted octanol–water partition coefficient (Wildman–Crippen LogP) is 2.47. The summed E-state index contributed by atoms with van der Waals surface area (Å²) in [6.07, 6.45) is 1.53. The molecule has 6 heteroatoms. The third kappa shape index (κ3) is 2.76. The zero-order chi connectivity index (χ0) is 17.3. The molecule has 3 aromatic rings. The average Bonchev–Trinajstić information content (AvgIpc) is 3.04. The van der Waals surface area contributed by atoms with Gasteiger partial charge in [0, 0.05) is 34.3 Å². The van der Waals surface area contributed by atoms with Crippen molar-refractivity contribution >= 4 is 16.7 Å². The van der Waals surface area contributed by atoms with E-state index in [0.717, 1.165) is 16.6 Å². The molecule has 2 heterocycles. The molecule has 2 aromatic heterocycles. The summed E-state index contributed by atoms with van der Waals surface area (Å²) in [6, 6.07) is 8.87. The second-order valence-corrected chi connectivity index (χ2v) is 6.29. The fourth-order valence-electron chi connectivity index (χ4n) is 2.45. The highest BCUT2D eigenvalue weighted by Crippen LogP contribution is 2.24. The lowest BCUT2D eigenvalue weighted by Gasteiger charge is -2.20. The highest BCUT2D eigenvalue weighted by molar-refractivity contribution is 6.14. The standard InChI is InChI=1S/C18H19N3O3/c1-18(2,10-22)15-7-4-11(9-19-15)17(23)16-13-6-5-12(24-3)8-14(13)20-21-16/h4-9,22H,10H2,1-3H3,(H,20,21). The summed E-state index contributed by atoms with van der Waals surface area (Å²) < 4.78 is 5.17. The number of hydrogen-bond acceptors (Lipinski definition) is 5. The first kappa shape index (κ1) is 16.1. The molecular formula is C18H19N3O3. The number of aliphatic hydroxyl groups excluding tert-OH is 1. The number of ether oxygens (including phenoxy) is 1. The fraction of sp³-hybridized carbons (Fsp3) is 0.278. The van der Waals surface area contributed by atoms with Gasteiger partial charge in [-0.25, -0.2) is 0 Å². The van der Waals surface area contributed by atoms with E-state index >= 15 is 0 Å². The van der Waals surface area contributed by atoms with Gasteiger partial charge in [-0.05, 0) is 24.3 Å². The number of fused-ring (bicyclic) bond motifs is 1. The van der Waals surface area contributed by atoms with Crippen LogP contribution in [0.4, 0.5) is 0 Å². The molecule has 0 spiro atoms. The van der Waals surface area contributed by atoms with Crippen molar-refractivity contribution in [2.24, 2.45) is 0 Å². The van der Waals surface area contributed by atoms with E-state index in [1.807, 2.05) is 19.9 Å². The topological polar surface area (TPSA) is 88.1 Å². The first-order chi connectivity index (χ1) is 11.5. The molecule has 0 aliphatic heterocycles. The van der Waals surface area contributed by atoms with Gasteiger partial charge >= 0.3 is 0 Å². The maximum atomic E-state index is 12.7. The number of aromatic nitrogens is 3. The van der Waals surface area contributed by atoms with E-state index in [9.17, 15) is 9.90 Å². The van der Waals surface area contributed by atoms with Crippen molar-refractivity contribution in [1.82, 2.24) is 15.2 Å². The van der Waals surface area contributed by atoms with Crippen LogP contribution in [-0.4, -0.2) is 39.8 Å². The van der Waals surface area contributed by atoms with Crippen molar-refractivity contribution < 1.29 is 14.6 Å². The minimum atomic E-state index is -0.447. The van der Waals surface area contributed by atoms with Gasteiger partial charge in [0.1, 0.15) is 11.4 Å². The summed E-state index contributed by atoms with van der Waals surface area (Å²) in [5.74, 6) is 0.495. The van der Waals surface area contributed by atoms with E-state index in [0.29, 0.717) is 17.0 Å². The number of aromatic amines is 1. The molecule has 0 fully saturated rings. The molecular weight excluding hydrogens is 306 g/mol. The number of nitrogens with zero attached hydrogens (tertiary/aromatic N) is 2. The van der Waals surface area contributed by atoms with Gasteiger partial charge in [-0.2, -0.15) is 5.10 Å². The third-order valence-corrected chi connectivity index (χ3v) is 4.10. The van der Waals surface area contributed by atoms with Crippen LogP contribution in [0.15, 0.2) is 36.5 Å². The van der Waals surface area contributed by atoms with Crippen LogP contribution in [0.2, 0.25) is 0 Å². The van der Waals surface area contributed by atoms with Crippen molar-refractivity contribution in [3.05, 3.63) is 53.5 Å². The number of carbonyl (C=O) groups excluding carboxylic acids is 1. The van der Waals surface area contributed by atoms with E-state index < -0.39 is 5.41 Å². The van der Waals surface area contributed by atoms with E-state index in [2.05, 4.69) is 15.2 Å². The van der Waals surface area contributed by atoms with Crippen LogP contribution >= 0.6 is 0 Å². The zero-order valence-corrected chi connectivity index (χ0v) is 13.8. The van der Waals surface area contributed by atoms with Crippen LogP contribution in [0.5, 0.6) is 5.75 Å². The van der Waals surface area contributed by atoms with Gasteiger partial charge < -0.3 is 9.84 Å². The summed E-state index contributed by atoms with van der Waals surface area (Å²) in [5.41, 5.74) is 1.83. The Balaban J connectivity index is 1.95. The maximum absolute atomic E-state index is 12.7. The monoisotopic (exact) mass is 325 g/mol. The molecule has 3 rings (SSSR count). The summed E-state index contributed by atoms with van der Waals surface area (Å²) in [7, 11) is 1.59. The number of pyridine rings is 1. The Labute approximate surface area is 139 Å². The summed E-state index contributed by atoms with van der Waals surface area (Å²) >= 11 is 0. The van der Waals surface area contributed by atoms with E-state index in [-0.39, 0.29) is 12.4 Å². The van der Waals surface area contributed by atoms with Gasteiger partial charge in [-0.15, -0.1) is 0 Å². The number of hydrogen-bond donors (Lipinski definition) is 2. The maximum Gasteiger partial charge on any atom is 0.215 e. The van der Waals surface area contributed by atoms with Crippen LogP contribution in [-0.2, 0) is 5.41 Å². The minimum Gasteiger partial charge on any atom is -0.497 e. The molecule has 0 amide bonds. The van der Waals surface area contributed by atoms with Gasteiger partial charge in [0.25, 0.3) is 0 Å². The number of nitrogens with one attached hydrogen (secondary N) is 1. The Morgan fingerprint density at radius 2 is 2.08 bits per heavy atom. The molecule has 1 aromatic carbocycles. The molecule has 0 aliphatic rings. The Hall–Kier alpha value is -2.73. The summed E-state index contributed by atoms with van der Waals surface area (Å²) in [6.45, 7) is 3.77. The third-order valence-electron chi connectivity index (χ3n) is 4.10. The van der Waals surface area contributed by atoms with E-state index in [4.69, 9.17) is 4.74 Å². The Morgan fingerprint density at radius 1 is 1.29 bits per heavy atom. The Bertz CT molecular complexity index is 882. The predicted molar refractivity (Wildman–Crippen MR) is 90.4 cm³/mol.